The van der Waals surface area contributed by atoms with Gasteiger partial charge < -0.3 is 15.7 Å². The fourth-order valence-corrected chi connectivity index (χ4v) is 1.33. The van der Waals surface area contributed by atoms with Crippen molar-refractivity contribution in [1.29, 1.82) is 0 Å². The van der Waals surface area contributed by atoms with Gasteiger partial charge in [0.1, 0.15) is 0 Å². The summed E-state index contributed by atoms with van der Waals surface area (Å²) >= 11 is 0. The lowest BCUT2D eigenvalue weighted by Crippen LogP contribution is -2.39. The lowest BCUT2D eigenvalue weighted by molar-refractivity contribution is 0.222. The van der Waals surface area contributed by atoms with Gasteiger partial charge in [0, 0.05) is 5.69 Å². The first-order valence-corrected chi connectivity index (χ1v) is 5.41. The molecule has 0 bridgehead atoms. The number of hydrogen-bond donors (Lipinski definition) is 3. The molecule has 0 radical (unpaired) electrons. The molecule has 1 rings (SSSR count). The van der Waals surface area contributed by atoms with Gasteiger partial charge in [0.2, 0.25) is 0 Å². The van der Waals surface area contributed by atoms with E-state index in [0.717, 1.165) is 11.3 Å². The van der Waals surface area contributed by atoms with E-state index >= 15 is 0 Å². The van der Waals surface area contributed by atoms with E-state index in [4.69, 9.17) is 5.11 Å². The van der Waals surface area contributed by atoms with E-state index in [1.165, 1.54) is 0 Å². The van der Waals surface area contributed by atoms with Crippen molar-refractivity contribution >= 4 is 11.7 Å². The van der Waals surface area contributed by atoms with Crippen LogP contribution < -0.4 is 10.6 Å². The number of carbonyl (C=O) groups excluding carboxylic acids is 1. The maximum absolute atomic E-state index is 11.6. The Morgan fingerprint density at radius 1 is 1.44 bits per heavy atom. The number of carbonyl (C=O) groups is 1. The molecule has 0 saturated carbocycles. The van der Waals surface area contributed by atoms with Crippen molar-refractivity contribution in [1.82, 2.24) is 5.32 Å². The zero-order valence-electron chi connectivity index (χ0n) is 9.66. The van der Waals surface area contributed by atoms with Crippen LogP contribution in [0.25, 0.3) is 0 Å². The highest BCUT2D eigenvalue weighted by Crippen LogP contribution is 2.12. The van der Waals surface area contributed by atoms with E-state index in [2.05, 4.69) is 10.6 Å². The van der Waals surface area contributed by atoms with Gasteiger partial charge in [0.25, 0.3) is 0 Å². The van der Waals surface area contributed by atoms with Crippen molar-refractivity contribution in [2.75, 3.05) is 11.9 Å². The highest BCUT2D eigenvalue weighted by Gasteiger charge is 2.09. The maximum atomic E-state index is 11.6. The van der Waals surface area contributed by atoms with E-state index in [0.29, 0.717) is 6.42 Å². The first kappa shape index (κ1) is 12.5. The van der Waals surface area contributed by atoms with Crippen molar-refractivity contribution in [2.45, 2.75) is 26.3 Å². The molecule has 4 heteroatoms. The number of amides is 2. The van der Waals surface area contributed by atoms with Gasteiger partial charge in [-0.25, -0.2) is 4.79 Å². The molecule has 4 nitrogen and oxygen atoms in total. The van der Waals surface area contributed by atoms with Gasteiger partial charge in [-0.3, -0.25) is 0 Å². The third kappa shape index (κ3) is 3.55. The second-order valence-corrected chi connectivity index (χ2v) is 3.70. The second kappa shape index (κ2) is 6.12. The summed E-state index contributed by atoms with van der Waals surface area (Å²) in [5.41, 5.74) is 1.79. The summed E-state index contributed by atoms with van der Waals surface area (Å²) in [6.07, 6.45) is 0.706. The summed E-state index contributed by atoms with van der Waals surface area (Å²) in [7, 11) is 0. The number of benzene rings is 1. The lowest BCUT2D eigenvalue weighted by Gasteiger charge is -2.15. The van der Waals surface area contributed by atoms with Crippen LogP contribution in [0.1, 0.15) is 18.9 Å². The zero-order chi connectivity index (χ0) is 12.0. The minimum absolute atomic E-state index is 0.0440. The van der Waals surface area contributed by atoms with Crippen molar-refractivity contribution < 1.29 is 9.90 Å². The van der Waals surface area contributed by atoms with Crippen LogP contribution in [0.3, 0.4) is 0 Å². The molecule has 1 aromatic carbocycles. The third-order valence-corrected chi connectivity index (χ3v) is 2.44. The van der Waals surface area contributed by atoms with E-state index in [1.54, 1.807) is 0 Å². The molecule has 0 aliphatic rings. The highest BCUT2D eigenvalue weighted by molar-refractivity contribution is 5.90. The topological polar surface area (TPSA) is 61.4 Å². The van der Waals surface area contributed by atoms with Gasteiger partial charge in [-0.2, -0.15) is 0 Å². The fraction of sp³-hybridized carbons (Fsp3) is 0.417. The predicted molar refractivity (Wildman–Crippen MR) is 64.5 cm³/mol. The number of aliphatic hydroxyl groups excluding tert-OH is 1. The molecule has 88 valence electrons. The molecule has 0 saturated heterocycles. The van der Waals surface area contributed by atoms with Crippen molar-refractivity contribution in [3.63, 3.8) is 0 Å². The Balaban J connectivity index is 2.55. The molecule has 0 aromatic heterocycles. The fourth-order valence-electron chi connectivity index (χ4n) is 1.33. The molecule has 1 aromatic rings. The van der Waals surface area contributed by atoms with E-state index < -0.39 is 0 Å². The van der Waals surface area contributed by atoms with Gasteiger partial charge in [0.15, 0.2) is 0 Å². The van der Waals surface area contributed by atoms with Gasteiger partial charge in [-0.1, -0.05) is 25.1 Å². The number of rotatable bonds is 4. The molecule has 0 aliphatic carbocycles. The Morgan fingerprint density at radius 3 is 2.69 bits per heavy atom. The first-order chi connectivity index (χ1) is 7.67. The molecule has 0 fully saturated rings. The average molecular weight is 222 g/mol. The highest BCUT2D eigenvalue weighted by atomic mass is 16.3. The van der Waals surface area contributed by atoms with Crippen LogP contribution in [-0.4, -0.2) is 23.8 Å². The zero-order valence-corrected chi connectivity index (χ0v) is 9.66. The Bertz CT molecular complexity index is 349. The van der Waals surface area contributed by atoms with Crippen LogP contribution in [0, 0.1) is 6.92 Å². The summed E-state index contributed by atoms with van der Waals surface area (Å²) in [6.45, 7) is 3.80. The van der Waals surface area contributed by atoms with E-state index in [-0.39, 0.29) is 18.7 Å². The molecule has 16 heavy (non-hydrogen) atoms. The average Bonchev–Trinajstić information content (AvgIpc) is 2.29. The van der Waals surface area contributed by atoms with Crippen LogP contribution in [0.5, 0.6) is 0 Å². The summed E-state index contributed by atoms with van der Waals surface area (Å²) in [5, 5.41) is 14.4. The van der Waals surface area contributed by atoms with Gasteiger partial charge in [-0.15, -0.1) is 0 Å². The van der Waals surface area contributed by atoms with Crippen LogP contribution in [0.4, 0.5) is 10.5 Å². The van der Waals surface area contributed by atoms with Gasteiger partial charge in [-0.05, 0) is 25.0 Å². The monoisotopic (exact) mass is 222 g/mol. The number of aliphatic hydroxyl groups is 1. The SMILES string of the molecule is CC[C@@H](CO)NC(=O)Nc1ccccc1C. The Kier molecular flexibility index (Phi) is 4.79. The molecular weight excluding hydrogens is 204 g/mol. The molecular formula is C12H18N2O2. The maximum Gasteiger partial charge on any atom is 0.319 e. The second-order valence-electron chi connectivity index (χ2n) is 3.70. The molecule has 0 unspecified atom stereocenters. The molecule has 0 spiro atoms. The lowest BCUT2D eigenvalue weighted by atomic mass is 10.2. The van der Waals surface area contributed by atoms with Crippen molar-refractivity contribution in [3.05, 3.63) is 29.8 Å². The van der Waals surface area contributed by atoms with Crippen LogP contribution >= 0.6 is 0 Å². The Hall–Kier alpha value is -1.55. The van der Waals surface area contributed by atoms with E-state index in [9.17, 15) is 4.79 Å². The summed E-state index contributed by atoms with van der Waals surface area (Å²) in [5.74, 6) is 0. The normalized spacial score (nSPS) is 11.9. The van der Waals surface area contributed by atoms with Crippen LogP contribution in [0.2, 0.25) is 0 Å². The molecule has 1 atom stereocenters. The molecule has 2 amide bonds. The smallest absolute Gasteiger partial charge is 0.319 e. The number of aryl methyl sites for hydroxylation is 1. The minimum atomic E-state index is -0.282. The minimum Gasteiger partial charge on any atom is -0.394 e. The number of nitrogens with one attached hydrogen (secondary N) is 2. The van der Waals surface area contributed by atoms with E-state index in [1.807, 2.05) is 38.1 Å². The third-order valence-electron chi connectivity index (χ3n) is 2.44. The molecule has 3 N–H and O–H groups in total. The van der Waals surface area contributed by atoms with Crippen molar-refractivity contribution in [3.8, 4) is 0 Å². The molecule has 0 heterocycles. The quantitative estimate of drug-likeness (QED) is 0.728. The Morgan fingerprint density at radius 2 is 2.12 bits per heavy atom. The number of anilines is 1. The van der Waals surface area contributed by atoms with Crippen molar-refractivity contribution in [2.24, 2.45) is 0 Å². The van der Waals surface area contributed by atoms with Crippen LogP contribution in [-0.2, 0) is 0 Å². The summed E-state index contributed by atoms with van der Waals surface area (Å²) in [4.78, 5) is 11.6. The van der Waals surface area contributed by atoms with Gasteiger partial charge >= 0.3 is 6.03 Å². The number of urea groups is 1. The Labute approximate surface area is 95.7 Å². The number of hydrogen-bond acceptors (Lipinski definition) is 2. The van der Waals surface area contributed by atoms with Crippen LogP contribution in [0.15, 0.2) is 24.3 Å². The summed E-state index contributed by atoms with van der Waals surface area (Å²) in [6, 6.07) is 7.08. The predicted octanol–water partition coefficient (Wildman–Crippen LogP) is 1.89. The standard InChI is InChI=1S/C12H18N2O2/c1-3-10(8-15)13-12(16)14-11-7-5-4-6-9(11)2/h4-7,10,15H,3,8H2,1-2H3,(H2,13,14,16)/t10-/m0/s1. The largest absolute Gasteiger partial charge is 0.394 e. The number of para-hydroxylation sites is 1. The summed E-state index contributed by atoms with van der Waals surface area (Å²) < 4.78 is 0. The van der Waals surface area contributed by atoms with Gasteiger partial charge in [0.05, 0.1) is 12.6 Å². The molecule has 0 aliphatic heterocycles. The first-order valence-electron chi connectivity index (χ1n) is 5.41.